The Morgan fingerprint density at radius 2 is 2.09 bits per heavy atom. The Labute approximate surface area is 86.5 Å². The summed E-state index contributed by atoms with van der Waals surface area (Å²) in [7, 11) is -4.27. The van der Waals surface area contributed by atoms with Crippen LogP contribution in [-0.2, 0) is 19.6 Å². The quantitative estimate of drug-likeness (QED) is 0.216. The molecule has 0 aliphatic heterocycles. The second-order valence-corrected chi connectivity index (χ2v) is 2.84. The van der Waals surface area contributed by atoms with Crippen molar-refractivity contribution in [2.24, 2.45) is 0 Å². The van der Waals surface area contributed by atoms with Gasteiger partial charge >= 0.3 is 35.5 Å². The Morgan fingerprint density at radius 3 is 2.36 bits per heavy atom. The molecule has 0 atom stereocenters. The number of rotatable bonds is 3. The van der Waals surface area contributed by atoms with Crippen molar-refractivity contribution in [3.8, 4) is 0 Å². The van der Waals surface area contributed by atoms with Crippen LogP contribution >= 0.6 is 0 Å². The third kappa shape index (κ3) is 10.1. The van der Waals surface area contributed by atoms with E-state index in [1.165, 1.54) is 0 Å². The standard InChI is InChI=1S/C4H6O5S.Na/c1-2-9-4(5)3-10(6,7)8;/h2H,1,3H2,(H,6,7,8);/q;+1. The first-order chi connectivity index (χ1) is 4.45. The molecule has 0 heterocycles. The third-order valence-corrected chi connectivity index (χ3v) is 1.12. The minimum absolute atomic E-state index is 0. The zero-order valence-corrected chi connectivity index (χ0v) is 8.80. The molecule has 0 amide bonds. The summed E-state index contributed by atoms with van der Waals surface area (Å²) < 4.78 is 31.9. The van der Waals surface area contributed by atoms with E-state index in [0.717, 1.165) is 6.26 Å². The smallest absolute Gasteiger partial charge is 0.434 e. The zero-order chi connectivity index (χ0) is 8.20. The maximum absolute atomic E-state index is 10.2. The van der Waals surface area contributed by atoms with Crippen molar-refractivity contribution in [3.63, 3.8) is 0 Å². The molecule has 7 heteroatoms. The van der Waals surface area contributed by atoms with Crippen LogP contribution in [0.5, 0.6) is 0 Å². The van der Waals surface area contributed by atoms with Gasteiger partial charge in [0.1, 0.15) is 0 Å². The molecule has 0 spiro atoms. The molecule has 0 aromatic rings. The van der Waals surface area contributed by atoms with E-state index in [2.05, 4.69) is 11.3 Å². The normalized spacial score (nSPS) is 9.55. The van der Waals surface area contributed by atoms with Gasteiger partial charge in [-0.25, -0.2) is 0 Å². The van der Waals surface area contributed by atoms with Crippen LogP contribution in [-0.4, -0.2) is 24.7 Å². The van der Waals surface area contributed by atoms with Crippen LogP contribution < -0.4 is 29.6 Å². The summed E-state index contributed by atoms with van der Waals surface area (Å²) in [4.78, 5) is 10.2. The van der Waals surface area contributed by atoms with Gasteiger partial charge in [-0.05, 0) is 0 Å². The Hall–Kier alpha value is 0.120. The molecule has 58 valence electrons. The molecule has 0 saturated heterocycles. The molecule has 0 bridgehead atoms. The fourth-order valence-electron chi connectivity index (χ4n) is 0.276. The fraction of sp³-hybridized carbons (Fsp3) is 0.250. The topological polar surface area (TPSA) is 80.7 Å². The van der Waals surface area contributed by atoms with Crippen LogP contribution in [0.1, 0.15) is 0 Å². The van der Waals surface area contributed by atoms with E-state index in [-0.39, 0.29) is 29.6 Å². The Morgan fingerprint density at radius 1 is 1.64 bits per heavy atom. The zero-order valence-electron chi connectivity index (χ0n) is 5.98. The summed E-state index contributed by atoms with van der Waals surface area (Å²) in [6, 6.07) is 0. The minimum Gasteiger partial charge on any atom is -0.434 e. The van der Waals surface area contributed by atoms with Crippen molar-refractivity contribution in [1.29, 1.82) is 0 Å². The number of hydrogen-bond acceptors (Lipinski definition) is 4. The Kier molecular flexibility index (Phi) is 7.13. The summed E-state index contributed by atoms with van der Waals surface area (Å²) in [5, 5.41) is 0. The van der Waals surface area contributed by atoms with Crippen molar-refractivity contribution >= 4 is 16.1 Å². The van der Waals surface area contributed by atoms with Gasteiger partial charge in [0.15, 0.2) is 5.75 Å². The molecule has 0 unspecified atom stereocenters. The molecule has 1 N–H and O–H groups in total. The number of ether oxygens (including phenoxy) is 1. The molecule has 0 aliphatic carbocycles. The van der Waals surface area contributed by atoms with Gasteiger partial charge in [0, 0.05) is 0 Å². The Bertz CT molecular complexity index is 231. The van der Waals surface area contributed by atoms with E-state index >= 15 is 0 Å². The fourth-order valence-corrected chi connectivity index (χ4v) is 0.642. The van der Waals surface area contributed by atoms with Crippen LogP contribution in [0.4, 0.5) is 0 Å². The first-order valence-corrected chi connectivity index (χ1v) is 3.82. The molecule has 0 aromatic heterocycles. The molecule has 0 aromatic carbocycles. The maximum Gasteiger partial charge on any atom is 1.00 e. The van der Waals surface area contributed by atoms with Gasteiger partial charge in [-0.1, -0.05) is 6.58 Å². The van der Waals surface area contributed by atoms with Crippen LogP contribution in [0.2, 0.25) is 0 Å². The van der Waals surface area contributed by atoms with Crippen molar-refractivity contribution in [2.45, 2.75) is 0 Å². The van der Waals surface area contributed by atoms with Gasteiger partial charge in [0.2, 0.25) is 0 Å². The summed E-state index contributed by atoms with van der Waals surface area (Å²) in [6.07, 6.45) is 0.785. The van der Waals surface area contributed by atoms with Gasteiger partial charge in [-0.2, -0.15) is 8.42 Å². The summed E-state index contributed by atoms with van der Waals surface area (Å²) in [6.45, 7) is 3.01. The van der Waals surface area contributed by atoms with Crippen LogP contribution in [0.25, 0.3) is 0 Å². The second kappa shape index (κ2) is 5.73. The van der Waals surface area contributed by atoms with Crippen LogP contribution in [0, 0.1) is 0 Å². The Balaban J connectivity index is 0. The van der Waals surface area contributed by atoms with E-state index in [1.54, 1.807) is 0 Å². The van der Waals surface area contributed by atoms with Gasteiger partial charge < -0.3 is 4.74 Å². The van der Waals surface area contributed by atoms with E-state index in [1.807, 2.05) is 0 Å². The predicted molar refractivity (Wildman–Crippen MR) is 32.7 cm³/mol. The monoisotopic (exact) mass is 189 g/mol. The third-order valence-electron chi connectivity index (χ3n) is 0.515. The first-order valence-electron chi connectivity index (χ1n) is 2.21. The van der Waals surface area contributed by atoms with Crippen LogP contribution in [0.3, 0.4) is 0 Å². The largest absolute Gasteiger partial charge is 1.00 e. The van der Waals surface area contributed by atoms with Crippen molar-refractivity contribution in [2.75, 3.05) is 5.75 Å². The number of hydrogen-bond donors (Lipinski definition) is 1. The van der Waals surface area contributed by atoms with Crippen LogP contribution in [0.15, 0.2) is 12.8 Å². The van der Waals surface area contributed by atoms with Gasteiger partial charge in [0.25, 0.3) is 10.1 Å². The molecule has 0 radical (unpaired) electrons. The van der Waals surface area contributed by atoms with Gasteiger partial charge in [-0.15, -0.1) is 0 Å². The van der Waals surface area contributed by atoms with Gasteiger partial charge in [0.05, 0.1) is 6.26 Å². The maximum atomic E-state index is 10.2. The van der Waals surface area contributed by atoms with Crippen molar-refractivity contribution in [3.05, 3.63) is 12.8 Å². The molecule has 11 heavy (non-hydrogen) atoms. The average Bonchev–Trinajstić information content (AvgIpc) is 1.59. The van der Waals surface area contributed by atoms with E-state index in [9.17, 15) is 13.2 Å². The SMILES string of the molecule is C=COC(=O)CS(=O)(=O)O.[Na+]. The van der Waals surface area contributed by atoms with E-state index in [4.69, 9.17) is 4.55 Å². The average molecular weight is 189 g/mol. The molecule has 0 aliphatic rings. The van der Waals surface area contributed by atoms with E-state index < -0.39 is 21.8 Å². The molecular weight excluding hydrogens is 183 g/mol. The second-order valence-electron chi connectivity index (χ2n) is 1.38. The van der Waals surface area contributed by atoms with Crippen molar-refractivity contribution in [1.82, 2.24) is 0 Å². The van der Waals surface area contributed by atoms with E-state index in [0.29, 0.717) is 0 Å². The number of carbonyl (C=O) groups excluding carboxylic acids is 1. The number of carbonyl (C=O) groups is 1. The molecule has 0 fully saturated rings. The molecule has 0 rings (SSSR count). The van der Waals surface area contributed by atoms with Gasteiger partial charge in [-0.3, -0.25) is 9.35 Å². The molecule has 5 nitrogen and oxygen atoms in total. The predicted octanol–water partition coefficient (Wildman–Crippen LogP) is -3.44. The summed E-state index contributed by atoms with van der Waals surface area (Å²) in [5.74, 6) is -2.10. The minimum atomic E-state index is -4.27. The van der Waals surface area contributed by atoms with Crippen molar-refractivity contribution < 1.29 is 52.1 Å². The summed E-state index contributed by atoms with van der Waals surface area (Å²) >= 11 is 0. The number of esters is 1. The first kappa shape index (κ1) is 13.7. The molecular formula is C4H6NaO5S+. The summed E-state index contributed by atoms with van der Waals surface area (Å²) in [5.41, 5.74) is 0. The molecule has 0 saturated carbocycles.